The van der Waals surface area contributed by atoms with Gasteiger partial charge in [-0.05, 0) is 48.5 Å². The van der Waals surface area contributed by atoms with E-state index in [1.807, 2.05) is 31.2 Å². The highest BCUT2D eigenvalue weighted by Gasteiger charge is 2.20. The lowest BCUT2D eigenvalue weighted by Gasteiger charge is -2.11. The summed E-state index contributed by atoms with van der Waals surface area (Å²) in [7, 11) is 0. The summed E-state index contributed by atoms with van der Waals surface area (Å²) in [5.41, 5.74) is 4.16. The Bertz CT molecular complexity index is 905. The largest absolute Gasteiger partial charge is 0.322 e. The number of amides is 1. The number of carbonyl (C=O) groups is 1. The van der Waals surface area contributed by atoms with Gasteiger partial charge in [0.1, 0.15) is 5.00 Å². The first kappa shape index (κ1) is 18.0. The SMILES string of the molecule is CCc1cnc(Nc2snc(C)c2C(=O)Nc2ccccc2CC)nc1. The summed E-state index contributed by atoms with van der Waals surface area (Å²) in [5.74, 6) is 0.263. The minimum Gasteiger partial charge on any atom is -0.322 e. The molecule has 26 heavy (non-hydrogen) atoms. The van der Waals surface area contributed by atoms with Crippen LogP contribution in [0.3, 0.4) is 0 Å². The number of aromatic nitrogens is 3. The van der Waals surface area contributed by atoms with Gasteiger partial charge in [0.05, 0.1) is 11.3 Å². The smallest absolute Gasteiger partial charge is 0.260 e. The lowest BCUT2D eigenvalue weighted by molar-refractivity contribution is 0.102. The van der Waals surface area contributed by atoms with Crippen molar-refractivity contribution in [3.63, 3.8) is 0 Å². The van der Waals surface area contributed by atoms with E-state index in [9.17, 15) is 4.79 Å². The zero-order valence-electron chi connectivity index (χ0n) is 15.0. The Balaban J connectivity index is 1.83. The van der Waals surface area contributed by atoms with Crippen LogP contribution >= 0.6 is 11.5 Å². The van der Waals surface area contributed by atoms with E-state index in [1.54, 1.807) is 12.4 Å². The van der Waals surface area contributed by atoms with Crippen molar-refractivity contribution < 1.29 is 4.79 Å². The second-order valence-electron chi connectivity index (χ2n) is 5.83. The van der Waals surface area contributed by atoms with Gasteiger partial charge in [0, 0.05) is 18.1 Å². The molecule has 2 N–H and O–H groups in total. The highest BCUT2D eigenvalue weighted by atomic mass is 32.1. The predicted octanol–water partition coefficient (Wildman–Crippen LogP) is 4.36. The molecule has 0 saturated heterocycles. The van der Waals surface area contributed by atoms with Crippen LogP contribution in [0.5, 0.6) is 0 Å². The molecule has 0 atom stereocenters. The molecule has 0 bridgehead atoms. The molecule has 0 aliphatic rings. The van der Waals surface area contributed by atoms with Crippen molar-refractivity contribution in [2.45, 2.75) is 33.6 Å². The van der Waals surface area contributed by atoms with Crippen LogP contribution in [0.25, 0.3) is 0 Å². The first-order valence-corrected chi connectivity index (χ1v) is 9.33. The standard InChI is InChI=1S/C19H21N5OS/c1-4-13-10-20-19(21-11-13)23-18-16(12(3)24-26-18)17(25)22-15-9-7-6-8-14(15)5-2/h6-11H,4-5H2,1-3H3,(H,22,25)(H,20,21,23). The van der Waals surface area contributed by atoms with E-state index in [1.165, 1.54) is 11.5 Å². The van der Waals surface area contributed by atoms with Crippen LogP contribution in [0.2, 0.25) is 0 Å². The number of nitrogens with zero attached hydrogens (tertiary/aromatic N) is 3. The van der Waals surface area contributed by atoms with Crippen molar-refractivity contribution >= 4 is 34.1 Å². The van der Waals surface area contributed by atoms with Crippen LogP contribution in [-0.4, -0.2) is 20.2 Å². The van der Waals surface area contributed by atoms with Gasteiger partial charge in [-0.1, -0.05) is 32.0 Å². The van der Waals surface area contributed by atoms with Gasteiger partial charge in [0.15, 0.2) is 0 Å². The summed E-state index contributed by atoms with van der Waals surface area (Å²) in [6.07, 6.45) is 5.28. The zero-order chi connectivity index (χ0) is 18.5. The first-order chi connectivity index (χ1) is 12.6. The summed E-state index contributed by atoms with van der Waals surface area (Å²) in [4.78, 5) is 21.4. The Morgan fingerprint density at radius 2 is 1.85 bits per heavy atom. The number of hydrogen-bond acceptors (Lipinski definition) is 6. The lowest BCUT2D eigenvalue weighted by atomic mass is 10.1. The van der Waals surface area contributed by atoms with Gasteiger partial charge in [-0.2, -0.15) is 4.37 Å². The Morgan fingerprint density at radius 3 is 2.54 bits per heavy atom. The Kier molecular flexibility index (Phi) is 5.58. The van der Waals surface area contributed by atoms with Gasteiger partial charge >= 0.3 is 0 Å². The molecule has 2 heterocycles. The Morgan fingerprint density at radius 1 is 1.12 bits per heavy atom. The fourth-order valence-corrected chi connectivity index (χ4v) is 3.35. The number of para-hydroxylation sites is 1. The van der Waals surface area contributed by atoms with Gasteiger partial charge < -0.3 is 10.6 Å². The molecule has 0 spiro atoms. The molecule has 0 aliphatic carbocycles. The molecule has 1 aromatic carbocycles. The van der Waals surface area contributed by atoms with E-state index >= 15 is 0 Å². The molecular weight excluding hydrogens is 346 g/mol. The molecule has 6 nitrogen and oxygen atoms in total. The minimum atomic E-state index is -0.190. The number of aryl methyl sites for hydroxylation is 3. The maximum Gasteiger partial charge on any atom is 0.260 e. The van der Waals surface area contributed by atoms with Gasteiger partial charge in [0.2, 0.25) is 5.95 Å². The van der Waals surface area contributed by atoms with Crippen LogP contribution in [0, 0.1) is 6.92 Å². The van der Waals surface area contributed by atoms with Gasteiger partial charge in [0.25, 0.3) is 5.91 Å². The number of benzene rings is 1. The van der Waals surface area contributed by atoms with Crippen molar-refractivity contribution in [1.29, 1.82) is 0 Å². The van der Waals surface area contributed by atoms with Gasteiger partial charge in [-0.25, -0.2) is 9.97 Å². The highest BCUT2D eigenvalue weighted by molar-refractivity contribution is 7.10. The third kappa shape index (κ3) is 3.88. The number of nitrogens with one attached hydrogen (secondary N) is 2. The number of rotatable bonds is 6. The minimum absolute atomic E-state index is 0.190. The van der Waals surface area contributed by atoms with E-state index < -0.39 is 0 Å². The molecule has 3 aromatic rings. The monoisotopic (exact) mass is 367 g/mol. The average Bonchev–Trinajstić information content (AvgIpc) is 3.03. The highest BCUT2D eigenvalue weighted by Crippen LogP contribution is 2.28. The van der Waals surface area contributed by atoms with Crippen LogP contribution in [-0.2, 0) is 12.8 Å². The zero-order valence-corrected chi connectivity index (χ0v) is 15.9. The fraction of sp³-hybridized carbons (Fsp3) is 0.263. The maximum absolute atomic E-state index is 12.9. The Labute approximate surface area is 156 Å². The molecule has 0 unspecified atom stereocenters. The summed E-state index contributed by atoms with van der Waals surface area (Å²) in [6.45, 7) is 5.94. The molecule has 3 rings (SSSR count). The van der Waals surface area contributed by atoms with E-state index in [-0.39, 0.29) is 5.91 Å². The fourth-order valence-electron chi connectivity index (χ4n) is 2.56. The summed E-state index contributed by atoms with van der Waals surface area (Å²) < 4.78 is 4.31. The second kappa shape index (κ2) is 8.05. The number of anilines is 3. The molecule has 0 radical (unpaired) electrons. The van der Waals surface area contributed by atoms with Crippen molar-refractivity contribution in [3.8, 4) is 0 Å². The van der Waals surface area contributed by atoms with Crippen LogP contribution < -0.4 is 10.6 Å². The third-order valence-electron chi connectivity index (χ3n) is 4.08. The maximum atomic E-state index is 12.9. The van der Waals surface area contributed by atoms with E-state index in [0.717, 1.165) is 29.7 Å². The quantitative estimate of drug-likeness (QED) is 0.676. The molecule has 0 aliphatic heterocycles. The normalized spacial score (nSPS) is 10.6. The van der Waals surface area contributed by atoms with Crippen molar-refractivity contribution in [3.05, 3.63) is 59.0 Å². The van der Waals surface area contributed by atoms with E-state index in [2.05, 4.69) is 38.8 Å². The van der Waals surface area contributed by atoms with Crippen molar-refractivity contribution in [2.75, 3.05) is 10.6 Å². The molecule has 7 heteroatoms. The first-order valence-electron chi connectivity index (χ1n) is 8.55. The predicted molar refractivity (Wildman–Crippen MR) is 105 cm³/mol. The van der Waals surface area contributed by atoms with Crippen molar-refractivity contribution in [1.82, 2.24) is 14.3 Å². The van der Waals surface area contributed by atoms with E-state index in [4.69, 9.17) is 0 Å². The number of hydrogen-bond donors (Lipinski definition) is 2. The third-order valence-corrected chi connectivity index (χ3v) is 4.93. The molecule has 2 aromatic heterocycles. The Hall–Kier alpha value is -2.80. The summed E-state index contributed by atoms with van der Waals surface area (Å²) in [5, 5.41) is 6.75. The molecular formula is C19H21N5OS. The number of carbonyl (C=O) groups excluding carboxylic acids is 1. The second-order valence-corrected chi connectivity index (χ2v) is 6.60. The molecule has 1 amide bonds. The van der Waals surface area contributed by atoms with Crippen LogP contribution in [0.4, 0.5) is 16.6 Å². The van der Waals surface area contributed by atoms with Crippen LogP contribution in [0.15, 0.2) is 36.7 Å². The molecule has 0 fully saturated rings. The summed E-state index contributed by atoms with van der Waals surface area (Å²) in [6, 6.07) is 7.80. The van der Waals surface area contributed by atoms with Crippen molar-refractivity contribution in [2.24, 2.45) is 0 Å². The van der Waals surface area contributed by atoms with Crippen LogP contribution in [0.1, 0.15) is 41.0 Å². The molecule has 0 saturated carbocycles. The van der Waals surface area contributed by atoms with Gasteiger partial charge in [-0.15, -0.1) is 0 Å². The van der Waals surface area contributed by atoms with E-state index in [0.29, 0.717) is 22.2 Å². The van der Waals surface area contributed by atoms with Gasteiger partial charge in [-0.3, -0.25) is 4.79 Å². The topological polar surface area (TPSA) is 79.8 Å². The average molecular weight is 367 g/mol. The lowest BCUT2D eigenvalue weighted by Crippen LogP contribution is -2.15. The molecule has 134 valence electrons. The summed E-state index contributed by atoms with van der Waals surface area (Å²) >= 11 is 1.23.